The minimum Gasteiger partial charge on any atom is -0.497 e. The fourth-order valence-electron chi connectivity index (χ4n) is 4.15. The summed E-state index contributed by atoms with van der Waals surface area (Å²) in [5.41, 5.74) is 3.27. The molecule has 0 heterocycles. The largest absolute Gasteiger partial charge is 0.497 e. The molecule has 0 amide bonds. The molecule has 1 aliphatic carbocycles. The first kappa shape index (κ1) is 20.1. The van der Waals surface area contributed by atoms with Crippen molar-refractivity contribution in [3.05, 3.63) is 94.0 Å². The fraction of sp³-hybridized carbons (Fsp3) is 0.217. The molecule has 0 radical (unpaired) electrons. The van der Waals surface area contributed by atoms with Crippen molar-refractivity contribution in [2.45, 2.75) is 23.8 Å². The Kier molecular flexibility index (Phi) is 5.51. The predicted molar refractivity (Wildman–Crippen MR) is 118 cm³/mol. The summed E-state index contributed by atoms with van der Waals surface area (Å²) in [6.07, 6.45) is 0. The lowest BCUT2D eigenvalue weighted by molar-refractivity contribution is 0.411. The van der Waals surface area contributed by atoms with E-state index in [-0.39, 0.29) is 22.8 Å². The number of ether oxygens (including phenoxy) is 1. The van der Waals surface area contributed by atoms with E-state index in [1.54, 1.807) is 31.4 Å². The number of sulfonamides is 1. The number of hydrogen-bond donors (Lipinski definition) is 1. The maximum Gasteiger partial charge on any atom is 0.241 e. The molecular formula is C23H22BrNO3S. The Hall–Kier alpha value is -2.15. The van der Waals surface area contributed by atoms with Gasteiger partial charge in [0.1, 0.15) is 5.75 Å². The molecule has 1 aliphatic rings. The normalized spacial score (nSPS) is 21.0. The van der Waals surface area contributed by atoms with Crippen LogP contribution in [-0.2, 0) is 10.0 Å². The van der Waals surface area contributed by atoms with Gasteiger partial charge in [0.25, 0.3) is 0 Å². The molecule has 1 N–H and O–H groups in total. The van der Waals surface area contributed by atoms with Gasteiger partial charge in [-0.25, -0.2) is 13.1 Å². The highest BCUT2D eigenvalue weighted by Gasteiger charge is 2.41. The molecule has 4 rings (SSSR count). The third-order valence-electron chi connectivity index (χ3n) is 5.58. The SMILES string of the molecule is COc1ccc2c(c1)[C@@H](NS(=O)(=O)c1ccc(Br)cc1)[C@H](C)[C@H]2c1ccccc1. The van der Waals surface area contributed by atoms with Gasteiger partial charge >= 0.3 is 0 Å². The summed E-state index contributed by atoms with van der Waals surface area (Å²) in [4.78, 5) is 0.250. The molecule has 4 nitrogen and oxygen atoms in total. The Morgan fingerprint density at radius 2 is 1.62 bits per heavy atom. The number of nitrogens with one attached hydrogen (secondary N) is 1. The van der Waals surface area contributed by atoms with Crippen LogP contribution in [0.1, 0.15) is 35.6 Å². The van der Waals surface area contributed by atoms with E-state index in [1.165, 1.54) is 5.56 Å². The fourth-order valence-corrected chi connectivity index (χ4v) is 5.73. The van der Waals surface area contributed by atoms with Crippen LogP contribution in [0.4, 0.5) is 0 Å². The van der Waals surface area contributed by atoms with Gasteiger partial charge < -0.3 is 4.74 Å². The number of hydrogen-bond acceptors (Lipinski definition) is 3. The monoisotopic (exact) mass is 471 g/mol. The molecule has 29 heavy (non-hydrogen) atoms. The van der Waals surface area contributed by atoms with Gasteiger partial charge in [0, 0.05) is 10.4 Å². The zero-order valence-corrected chi connectivity index (χ0v) is 18.6. The Morgan fingerprint density at radius 1 is 0.931 bits per heavy atom. The van der Waals surface area contributed by atoms with Crippen molar-refractivity contribution in [3.8, 4) is 5.75 Å². The van der Waals surface area contributed by atoms with Crippen molar-refractivity contribution < 1.29 is 13.2 Å². The van der Waals surface area contributed by atoms with E-state index in [0.717, 1.165) is 21.3 Å². The lowest BCUT2D eigenvalue weighted by atomic mass is 9.86. The number of benzene rings is 3. The molecule has 0 aliphatic heterocycles. The smallest absolute Gasteiger partial charge is 0.241 e. The molecule has 3 atom stereocenters. The van der Waals surface area contributed by atoms with Crippen LogP contribution in [0.2, 0.25) is 0 Å². The molecule has 0 bridgehead atoms. The topological polar surface area (TPSA) is 55.4 Å². The molecule has 0 aromatic heterocycles. The first-order chi connectivity index (χ1) is 13.9. The van der Waals surface area contributed by atoms with Crippen LogP contribution in [0.3, 0.4) is 0 Å². The third kappa shape index (κ3) is 3.84. The molecular weight excluding hydrogens is 450 g/mol. The summed E-state index contributed by atoms with van der Waals surface area (Å²) < 4.78 is 35.4. The minimum atomic E-state index is -3.67. The van der Waals surface area contributed by atoms with Crippen LogP contribution >= 0.6 is 15.9 Å². The van der Waals surface area contributed by atoms with Gasteiger partial charge in [-0.05, 0) is 59.0 Å². The first-order valence-corrected chi connectivity index (χ1v) is 11.7. The van der Waals surface area contributed by atoms with Gasteiger partial charge in [0.05, 0.1) is 18.0 Å². The second-order valence-electron chi connectivity index (χ2n) is 7.30. The highest BCUT2D eigenvalue weighted by molar-refractivity contribution is 9.10. The predicted octanol–water partition coefficient (Wildman–Crippen LogP) is 5.26. The highest BCUT2D eigenvalue weighted by atomic mass is 79.9. The van der Waals surface area contributed by atoms with Crippen LogP contribution in [0.25, 0.3) is 0 Å². The van der Waals surface area contributed by atoms with Crippen LogP contribution in [0.5, 0.6) is 5.75 Å². The van der Waals surface area contributed by atoms with Crippen LogP contribution in [0.15, 0.2) is 82.2 Å². The Labute approximate surface area is 180 Å². The van der Waals surface area contributed by atoms with Crippen LogP contribution in [0, 0.1) is 5.92 Å². The van der Waals surface area contributed by atoms with Crippen molar-refractivity contribution in [1.29, 1.82) is 0 Å². The molecule has 6 heteroatoms. The molecule has 0 fully saturated rings. The van der Waals surface area contributed by atoms with E-state index in [0.29, 0.717) is 0 Å². The van der Waals surface area contributed by atoms with Crippen molar-refractivity contribution in [2.75, 3.05) is 7.11 Å². The summed E-state index contributed by atoms with van der Waals surface area (Å²) >= 11 is 3.35. The van der Waals surface area contributed by atoms with E-state index in [1.807, 2.05) is 30.3 Å². The Bertz CT molecular complexity index is 1110. The van der Waals surface area contributed by atoms with E-state index in [9.17, 15) is 8.42 Å². The summed E-state index contributed by atoms with van der Waals surface area (Å²) in [5.74, 6) is 0.872. The van der Waals surface area contributed by atoms with Gasteiger partial charge in [0.15, 0.2) is 0 Å². The molecule has 0 unspecified atom stereocenters. The molecule has 3 aromatic rings. The van der Waals surface area contributed by atoms with E-state index < -0.39 is 10.0 Å². The summed E-state index contributed by atoms with van der Waals surface area (Å²) in [5, 5.41) is 0. The van der Waals surface area contributed by atoms with Gasteiger partial charge in [-0.15, -0.1) is 0 Å². The molecule has 3 aromatic carbocycles. The zero-order valence-electron chi connectivity index (χ0n) is 16.2. The van der Waals surface area contributed by atoms with Crippen molar-refractivity contribution in [2.24, 2.45) is 5.92 Å². The second kappa shape index (κ2) is 7.94. The number of rotatable bonds is 5. The molecule has 0 spiro atoms. The Morgan fingerprint density at radius 3 is 2.28 bits per heavy atom. The molecule has 0 saturated carbocycles. The third-order valence-corrected chi connectivity index (χ3v) is 7.57. The first-order valence-electron chi connectivity index (χ1n) is 9.41. The van der Waals surface area contributed by atoms with Gasteiger partial charge in [-0.3, -0.25) is 0 Å². The highest BCUT2D eigenvalue weighted by Crippen LogP contribution is 2.49. The van der Waals surface area contributed by atoms with E-state index in [2.05, 4.69) is 45.8 Å². The summed E-state index contributed by atoms with van der Waals surface area (Å²) in [6.45, 7) is 2.10. The summed E-state index contributed by atoms with van der Waals surface area (Å²) in [7, 11) is -2.05. The van der Waals surface area contributed by atoms with Crippen LogP contribution in [-0.4, -0.2) is 15.5 Å². The van der Waals surface area contributed by atoms with Crippen molar-refractivity contribution in [1.82, 2.24) is 4.72 Å². The average Bonchev–Trinajstić information content (AvgIpc) is 2.99. The summed E-state index contributed by atoms with van der Waals surface area (Å²) in [6, 6.07) is 22.5. The number of halogens is 1. The zero-order chi connectivity index (χ0) is 20.6. The van der Waals surface area contributed by atoms with Crippen LogP contribution < -0.4 is 9.46 Å². The average molecular weight is 472 g/mol. The Balaban J connectivity index is 1.76. The van der Waals surface area contributed by atoms with E-state index >= 15 is 0 Å². The van der Waals surface area contributed by atoms with Gasteiger partial charge in [-0.2, -0.15) is 0 Å². The lowest BCUT2D eigenvalue weighted by Crippen LogP contribution is -2.31. The van der Waals surface area contributed by atoms with Crippen molar-refractivity contribution in [3.63, 3.8) is 0 Å². The molecule has 0 saturated heterocycles. The van der Waals surface area contributed by atoms with E-state index in [4.69, 9.17) is 4.74 Å². The second-order valence-corrected chi connectivity index (χ2v) is 9.92. The maximum absolute atomic E-state index is 13.1. The standard InChI is InChI=1S/C23H22BrNO3S/c1-15-22(16-6-4-3-5-7-16)20-13-10-18(28-2)14-21(20)23(15)25-29(26,27)19-11-8-17(24)9-12-19/h3-15,22-23,25H,1-2H3/t15-,22+,23+/m1/s1. The van der Waals surface area contributed by atoms with Gasteiger partial charge in [0.2, 0.25) is 10.0 Å². The number of methoxy groups -OCH3 is 1. The van der Waals surface area contributed by atoms with Gasteiger partial charge in [-0.1, -0.05) is 59.3 Å². The minimum absolute atomic E-state index is 0.0460. The van der Waals surface area contributed by atoms with Crippen molar-refractivity contribution >= 4 is 26.0 Å². The molecule has 150 valence electrons. The lowest BCUT2D eigenvalue weighted by Gasteiger charge is -2.23. The quantitative estimate of drug-likeness (QED) is 0.551. The maximum atomic E-state index is 13.1. The number of fused-ring (bicyclic) bond motifs is 1.